The molecule has 2 N–H and O–H groups in total. The van der Waals surface area contributed by atoms with E-state index >= 15 is 0 Å². The van der Waals surface area contributed by atoms with Crippen molar-refractivity contribution in [1.29, 1.82) is 0 Å². The van der Waals surface area contributed by atoms with E-state index in [0.29, 0.717) is 17.9 Å². The highest BCUT2D eigenvalue weighted by Gasteiger charge is 2.43. The Balaban J connectivity index is 1.70. The van der Waals surface area contributed by atoms with Crippen LogP contribution in [0.15, 0.2) is 17.8 Å². The van der Waals surface area contributed by atoms with Gasteiger partial charge in [0.25, 0.3) is 0 Å². The van der Waals surface area contributed by atoms with Gasteiger partial charge in [-0.2, -0.15) is 11.8 Å². The number of hydrogen-bond donors (Lipinski definition) is 2. The predicted octanol–water partition coefficient (Wildman–Crippen LogP) is 1.01. The number of carbonyl (C=O) groups is 2. The molecule has 0 radical (unpaired) electrons. The zero-order chi connectivity index (χ0) is 14.2. The standard InChI is InChI=1S/C12H13N3O3S2/c16-9(14-12(10(17)18)1-3-19-7-12)5-8-6-15-2-4-20-11(15)13-8/h2,4,6H,1,3,5,7H2,(H,14,16)(H,17,18)/t12-/m1/s1. The minimum absolute atomic E-state index is 0.105. The molecule has 8 heteroatoms. The third-order valence-corrected chi connectivity index (χ3v) is 5.25. The van der Waals surface area contributed by atoms with E-state index in [0.717, 1.165) is 10.7 Å². The largest absolute Gasteiger partial charge is 0.479 e. The number of aromatic nitrogens is 2. The lowest BCUT2D eigenvalue weighted by Crippen LogP contribution is -2.55. The number of rotatable bonds is 4. The van der Waals surface area contributed by atoms with Crippen LogP contribution in [0.25, 0.3) is 4.96 Å². The van der Waals surface area contributed by atoms with Crippen molar-refractivity contribution >= 4 is 39.9 Å². The lowest BCUT2D eigenvalue weighted by atomic mass is 9.99. The van der Waals surface area contributed by atoms with Crippen LogP contribution in [0.4, 0.5) is 0 Å². The van der Waals surface area contributed by atoms with Crippen LogP contribution in [-0.4, -0.2) is 43.4 Å². The normalized spacial score (nSPS) is 22.2. The van der Waals surface area contributed by atoms with Crippen LogP contribution in [0.5, 0.6) is 0 Å². The van der Waals surface area contributed by atoms with E-state index in [1.54, 1.807) is 18.0 Å². The molecule has 6 nitrogen and oxygen atoms in total. The number of carbonyl (C=O) groups excluding carboxylic acids is 1. The lowest BCUT2D eigenvalue weighted by molar-refractivity contribution is -0.146. The number of hydrogen-bond acceptors (Lipinski definition) is 5. The molecule has 0 aliphatic carbocycles. The first-order valence-electron chi connectivity index (χ1n) is 6.12. The van der Waals surface area contributed by atoms with E-state index in [2.05, 4.69) is 10.3 Å². The Morgan fingerprint density at radius 3 is 3.05 bits per heavy atom. The summed E-state index contributed by atoms with van der Waals surface area (Å²) in [6, 6.07) is 0. The first kappa shape index (κ1) is 13.4. The zero-order valence-electron chi connectivity index (χ0n) is 10.5. The number of carboxylic acids is 1. The highest BCUT2D eigenvalue weighted by molar-refractivity contribution is 7.99. The summed E-state index contributed by atoms with van der Waals surface area (Å²) >= 11 is 3.04. The number of imidazole rings is 1. The highest BCUT2D eigenvalue weighted by Crippen LogP contribution is 2.28. The van der Waals surface area contributed by atoms with Crippen LogP contribution in [-0.2, 0) is 16.0 Å². The van der Waals surface area contributed by atoms with Crippen molar-refractivity contribution in [2.75, 3.05) is 11.5 Å². The van der Waals surface area contributed by atoms with Crippen LogP contribution >= 0.6 is 23.1 Å². The molecular formula is C12H13N3O3S2. The summed E-state index contributed by atoms with van der Waals surface area (Å²) in [6.45, 7) is 0. The van der Waals surface area contributed by atoms with E-state index in [4.69, 9.17) is 0 Å². The summed E-state index contributed by atoms with van der Waals surface area (Å²) in [5.41, 5.74) is -0.459. The first-order chi connectivity index (χ1) is 9.59. The lowest BCUT2D eigenvalue weighted by Gasteiger charge is -2.24. The SMILES string of the molecule is O=C(Cc1cn2ccsc2n1)N[C@]1(C(=O)O)CCSC1. The minimum atomic E-state index is -1.11. The molecule has 1 atom stereocenters. The van der Waals surface area contributed by atoms with Gasteiger partial charge >= 0.3 is 5.97 Å². The maximum absolute atomic E-state index is 12.0. The van der Waals surface area contributed by atoms with Gasteiger partial charge in [-0.25, -0.2) is 9.78 Å². The monoisotopic (exact) mass is 311 g/mol. The van der Waals surface area contributed by atoms with Gasteiger partial charge in [-0.1, -0.05) is 0 Å². The van der Waals surface area contributed by atoms with Gasteiger partial charge in [-0.3, -0.25) is 9.20 Å². The number of carboxylic acid groups (broad SMARTS) is 1. The smallest absolute Gasteiger partial charge is 0.330 e. The Kier molecular flexibility index (Phi) is 3.43. The second-order valence-electron chi connectivity index (χ2n) is 4.74. The molecule has 3 heterocycles. The second kappa shape index (κ2) is 5.10. The number of nitrogens with zero attached hydrogens (tertiary/aromatic N) is 2. The Bertz CT molecular complexity index is 629. The van der Waals surface area contributed by atoms with Crippen LogP contribution in [0.2, 0.25) is 0 Å². The van der Waals surface area contributed by atoms with Crippen molar-refractivity contribution in [2.24, 2.45) is 0 Å². The second-order valence-corrected chi connectivity index (χ2v) is 6.72. The molecule has 1 fully saturated rings. The summed E-state index contributed by atoms with van der Waals surface area (Å²) in [6.07, 6.45) is 4.24. The van der Waals surface area contributed by atoms with E-state index in [9.17, 15) is 14.7 Å². The maximum atomic E-state index is 12.0. The van der Waals surface area contributed by atoms with Crippen LogP contribution in [0.1, 0.15) is 12.1 Å². The minimum Gasteiger partial charge on any atom is -0.479 e. The fourth-order valence-electron chi connectivity index (χ4n) is 2.22. The van der Waals surface area contributed by atoms with Crippen LogP contribution in [0.3, 0.4) is 0 Å². The molecule has 2 aromatic rings. The zero-order valence-corrected chi connectivity index (χ0v) is 12.2. The Hall–Kier alpha value is -1.54. The molecule has 1 amide bonds. The number of nitrogens with one attached hydrogen (secondary N) is 1. The molecule has 20 heavy (non-hydrogen) atoms. The van der Waals surface area contributed by atoms with Gasteiger partial charge in [0, 0.05) is 23.5 Å². The maximum Gasteiger partial charge on any atom is 0.330 e. The van der Waals surface area contributed by atoms with Crippen molar-refractivity contribution in [3.05, 3.63) is 23.5 Å². The number of thioether (sulfide) groups is 1. The molecule has 1 aliphatic rings. The van der Waals surface area contributed by atoms with Gasteiger partial charge in [0.15, 0.2) is 4.96 Å². The average molecular weight is 311 g/mol. The number of thiazole rings is 1. The van der Waals surface area contributed by atoms with Gasteiger partial charge in [-0.15, -0.1) is 11.3 Å². The van der Waals surface area contributed by atoms with Crippen LogP contribution in [0, 0.1) is 0 Å². The van der Waals surface area contributed by atoms with Crippen molar-refractivity contribution in [1.82, 2.24) is 14.7 Å². The average Bonchev–Trinajstić information content (AvgIpc) is 3.04. The summed E-state index contributed by atoms with van der Waals surface area (Å²) < 4.78 is 1.85. The molecule has 1 aliphatic heterocycles. The molecule has 106 valence electrons. The molecule has 0 bridgehead atoms. The Morgan fingerprint density at radius 2 is 2.40 bits per heavy atom. The molecule has 3 rings (SSSR count). The number of fused-ring (bicyclic) bond motifs is 1. The predicted molar refractivity (Wildman–Crippen MR) is 77.2 cm³/mol. The van der Waals surface area contributed by atoms with Crippen molar-refractivity contribution in [3.63, 3.8) is 0 Å². The van der Waals surface area contributed by atoms with Gasteiger partial charge < -0.3 is 10.4 Å². The van der Waals surface area contributed by atoms with Gasteiger partial charge in [0.2, 0.25) is 5.91 Å². The fraction of sp³-hybridized carbons (Fsp3) is 0.417. The fourth-order valence-corrected chi connectivity index (χ4v) is 4.27. The molecule has 0 aromatic carbocycles. The Labute approximate surface area is 123 Å². The molecule has 2 aromatic heterocycles. The van der Waals surface area contributed by atoms with E-state index in [-0.39, 0.29) is 12.3 Å². The van der Waals surface area contributed by atoms with Crippen LogP contribution < -0.4 is 5.32 Å². The van der Waals surface area contributed by atoms with E-state index in [1.807, 2.05) is 16.0 Å². The van der Waals surface area contributed by atoms with Crippen molar-refractivity contribution < 1.29 is 14.7 Å². The summed E-state index contributed by atoms with van der Waals surface area (Å²) in [7, 11) is 0. The third kappa shape index (κ3) is 2.40. The van der Waals surface area contributed by atoms with E-state index < -0.39 is 11.5 Å². The number of aliphatic carboxylic acids is 1. The molecule has 0 spiro atoms. The highest BCUT2D eigenvalue weighted by atomic mass is 32.2. The van der Waals surface area contributed by atoms with Crippen molar-refractivity contribution in [3.8, 4) is 0 Å². The third-order valence-electron chi connectivity index (χ3n) is 3.29. The van der Waals surface area contributed by atoms with Gasteiger partial charge in [-0.05, 0) is 12.2 Å². The van der Waals surface area contributed by atoms with Gasteiger partial charge in [0.1, 0.15) is 5.54 Å². The van der Waals surface area contributed by atoms with Gasteiger partial charge in [0.05, 0.1) is 12.1 Å². The molecular weight excluding hydrogens is 298 g/mol. The number of amides is 1. The summed E-state index contributed by atoms with van der Waals surface area (Å²) in [5, 5.41) is 13.9. The quantitative estimate of drug-likeness (QED) is 0.880. The van der Waals surface area contributed by atoms with Crippen molar-refractivity contribution in [2.45, 2.75) is 18.4 Å². The Morgan fingerprint density at radius 1 is 1.55 bits per heavy atom. The molecule has 0 unspecified atom stereocenters. The topological polar surface area (TPSA) is 83.7 Å². The molecule has 0 saturated carbocycles. The van der Waals surface area contributed by atoms with E-state index in [1.165, 1.54) is 11.3 Å². The first-order valence-corrected chi connectivity index (χ1v) is 8.16. The summed E-state index contributed by atoms with van der Waals surface area (Å²) in [4.78, 5) is 28.6. The summed E-state index contributed by atoms with van der Waals surface area (Å²) in [5.74, 6) is -0.0681. The molecule has 1 saturated heterocycles.